The highest BCUT2D eigenvalue weighted by Crippen LogP contribution is 2.49. The Bertz CT molecular complexity index is 965. The van der Waals surface area contributed by atoms with Gasteiger partial charge in [-0.05, 0) is 62.7 Å². The second-order valence-electron chi connectivity index (χ2n) is 8.16. The molecule has 2 aromatic rings. The van der Waals surface area contributed by atoms with Gasteiger partial charge in [0.2, 0.25) is 0 Å². The lowest BCUT2D eigenvalue weighted by Gasteiger charge is -2.42. The largest absolute Gasteiger partial charge is 0.493 e. The molecule has 1 aromatic carbocycles. The number of methoxy groups -OCH3 is 2. The number of nitrogens with one attached hydrogen (secondary N) is 2. The van der Waals surface area contributed by atoms with Crippen LogP contribution in [0.1, 0.15) is 31.2 Å². The molecule has 2 aliphatic rings. The first kappa shape index (κ1) is 21.1. The number of hydrogen-bond acceptors (Lipinski definition) is 6. The average molecular weight is 424 g/mol. The molecule has 8 nitrogen and oxygen atoms in total. The molecule has 2 amide bonds. The van der Waals surface area contributed by atoms with E-state index in [2.05, 4.69) is 44.9 Å². The Labute approximate surface area is 182 Å². The van der Waals surface area contributed by atoms with E-state index in [4.69, 9.17) is 9.47 Å². The van der Waals surface area contributed by atoms with Crippen molar-refractivity contribution in [1.82, 2.24) is 15.3 Å². The second-order valence-corrected chi connectivity index (χ2v) is 8.16. The third kappa shape index (κ3) is 4.20. The average Bonchev–Trinajstić information content (AvgIpc) is 3.15. The number of carbonyl (C=O) groups excluding carboxylic acids is 1. The molecule has 8 heteroatoms. The minimum atomic E-state index is -0.352. The molecule has 1 saturated heterocycles. The van der Waals surface area contributed by atoms with Gasteiger partial charge in [-0.3, -0.25) is 4.98 Å². The van der Waals surface area contributed by atoms with Gasteiger partial charge in [-0.25, -0.2) is 10.2 Å². The molecule has 31 heavy (non-hydrogen) atoms. The molecule has 1 aliphatic heterocycles. The first-order valence-corrected chi connectivity index (χ1v) is 10.5. The van der Waals surface area contributed by atoms with Crippen molar-refractivity contribution in [3.8, 4) is 11.5 Å². The Morgan fingerprint density at radius 3 is 2.68 bits per heavy atom. The van der Waals surface area contributed by atoms with Crippen molar-refractivity contribution in [2.24, 2.45) is 5.10 Å². The van der Waals surface area contributed by atoms with Gasteiger partial charge in [-0.2, -0.15) is 5.10 Å². The van der Waals surface area contributed by atoms with Gasteiger partial charge in [0, 0.05) is 41.7 Å². The molecular formula is C23H29N5O3. The van der Waals surface area contributed by atoms with Crippen LogP contribution in [0.2, 0.25) is 0 Å². The maximum atomic E-state index is 12.2. The standard InChI is InChI=1S/C23H29N5O3/c1-28-13-10-23(16-4-5-19(30-2)20(14-16)31-3)9-6-18(15-21(23)28)26-27-22(29)25-17-7-11-24-12-8-17/h4-5,7-8,11-12,14,21H,6,9-10,13,15H2,1-3H3,(H2,24,25,27,29)/b26-18-/t21-,23-/m0/s1. The Hall–Kier alpha value is -3.13. The third-order valence-electron chi connectivity index (χ3n) is 6.58. The summed E-state index contributed by atoms with van der Waals surface area (Å²) in [5, 5.41) is 7.19. The van der Waals surface area contributed by atoms with Crippen LogP contribution < -0.4 is 20.2 Å². The fraction of sp³-hybridized carbons (Fsp3) is 0.435. The van der Waals surface area contributed by atoms with Gasteiger partial charge in [-0.15, -0.1) is 0 Å². The summed E-state index contributed by atoms with van der Waals surface area (Å²) in [6.07, 6.45) is 6.99. The van der Waals surface area contributed by atoms with Crippen molar-refractivity contribution in [2.45, 2.75) is 37.1 Å². The lowest BCUT2D eigenvalue weighted by molar-refractivity contribution is 0.225. The van der Waals surface area contributed by atoms with E-state index in [1.54, 1.807) is 38.7 Å². The van der Waals surface area contributed by atoms with Crippen LogP contribution in [-0.2, 0) is 5.41 Å². The second kappa shape index (κ2) is 8.93. The summed E-state index contributed by atoms with van der Waals surface area (Å²) in [4.78, 5) is 18.5. The van der Waals surface area contributed by atoms with Crippen molar-refractivity contribution < 1.29 is 14.3 Å². The fourth-order valence-corrected chi connectivity index (χ4v) is 4.91. The van der Waals surface area contributed by atoms with Crippen LogP contribution in [0.4, 0.5) is 10.5 Å². The Morgan fingerprint density at radius 1 is 1.16 bits per heavy atom. The summed E-state index contributed by atoms with van der Waals surface area (Å²) in [6, 6.07) is 9.71. The van der Waals surface area contributed by atoms with Crippen LogP contribution >= 0.6 is 0 Å². The number of anilines is 1. The van der Waals surface area contributed by atoms with Gasteiger partial charge in [0.05, 0.1) is 14.2 Å². The van der Waals surface area contributed by atoms with E-state index in [9.17, 15) is 4.79 Å². The highest BCUT2D eigenvalue weighted by molar-refractivity contribution is 5.92. The first-order chi connectivity index (χ1) is 15.1. The number of likely N-dealkylation sites (N-methyl/N-ethyl adjacent to an activating group) is 1. The van der Waals surface area contributed by atoms with Gasteiger partial charge < -0.3 is 19.7 Å². The van der Waals surface area contributed by atoms with Gasteiger partial charge in [0.15, 0.2) is 11.5 Å². The number of carbonyl (C=O) groups is 1. The SMILES string of the molecule is COc1ccc([C@@]23CC/C(=N/NC(=O)Nc4ccncc4)C[C@@H]2N(C)CC3)cc1OC. The van der Waals surface area contributed by atoms with E-state index in [-0.39, 0.29) is 11.4 Å². The summed E-state index contributed by atoms with van der Waals surface area (Å²) >= 11 is 0. The first-order valence-electron chi connectivity index (χ1n) is 10.5. The van der Waals surface area contributed by atoms with Gasteiger partial charge >= 0.3 is 6.03 Å². The quantitative estimate of drug-likeness (QED) is 0.720. The minimum Gasteiger partial charge on any atom is -0.493 e. The molecule has 164 valence electrons. The van der Waals surface area contributed by atoms with Crippen LogP contribution in [0.5, 0.6) is 11.5 Å². The summed E-state index contributed by atoms with van der Waals surface area (Å²) < 4.78 is 11.0. The Balaban J connectivity index is 1.49. The Morgan fingerprint density at radius 2 is 1.94 bits per heavy atom. The molecular weight excluding hydrogens is 394 g/mol. The Kier molecular flexibility index (Phi) is 6.08. The summed E-state index contributed by atoms with van der Waals surface area (Å²) in [5.74, 6) is 1.50. The van der Waals surface area contributed by atoms with Crippen molar-refractivity contribution in [3.05, 3.63) is 48.3 Å². The van der Waals surface area contributed by atoms with Crippen LogP contribution in [0, 0.1) is 0 Å². The zero-order valence-corrected chi connectivity index (χ0v) is 18.2. The van der Waals surface area contributed by atoms with Gasteiger partial charge in [0.25, 0.3) is 0 Å². The van der Waals surface area contributed by atoms with E-state index in [1.165, 1.54) is 5.56 Å². The summed E-state index contributed by atoms with van der Waals surface area (Å²) in [7, 11) is 5.49. The van der Waals surface area contributed by atoms with E-state index in [0.29, 0.717) is 11.7 Å². The smallest absolute Gasteiger partial charge is 0.339 e. The molecule has 1 aromatic heterocycles. The molecule has 0 bridgehead atoms. The predicted molar refractivity (Wildman–Crippen MR) is 120 cm³/mol. The van der Waals surface area contributed by atoms with Gasteiger partial charge in [-0.1, -0.05) is 6.07 Å². The molecule has 0 unspecified atom stereocenters. The highest BCUT2D eigenvalue weighted by Gasteiger charge is 2.49. The number of hydrogen-bond donors (Lipinski definition) is 2. The molecule has 2 fully saturated rings. The van der Waals surface area contributed by atoms with E-state index in [1.807, 2.05) is 6.07 Å². The molecule has 2 heterocycles. The summed E-state index contributed by atoms with van der Waals surface area (Å²) in [5.41, 5.74) is 5.67. The fourth-order valence-electron chi connectivity index (χ4n) is 4.91. The third-order valence-corrected chi connectivity index (χ3v) is 6.58. The predicted octanol–water partition coefficient (Wildman–Crippen LogP) is 3.40. The van der Waals surface area contributed by atoms with Crippen molar-refractivity contribution in [2.75, 3.05) is 33.1 Å². The minimum absolute atomic E-state index is 0.0482. The van der Waals surface area contributed by atoms with Crippen LogP contribution in [-0.4, -0.2) is 55.5 Å². The highest BCUT2D eigenvalue weighted by atomic mass is 16.5. The number of urea groups is 1. The topological polar surface area (TPSA) is 88.1 Å². The number of rotatable bonds is 5. The number of fused-ring (bicyclic) bond motifs is 1. The molecule has 1 saturated carbocycles. The maximum absolute atomic E-state index is 12.2. The molecule has 2 atom stereocenters. The number of amides is 2. The van der Waals surface area contributed by atoms with E-state index >= 15 is 0 Å². The van der Waals surface area contributed by atoms with E-state index in [0.717, 1.165) is 49.4 Å². The van der Waals surface area contributed by atoms with Crippen LogP contribution in [0.25, 0.3) is 0 Å². The number of ether oxygens (including phenoxy) is 2. The normalized spacial score (nSPS) is 24.5. The number of aromatic nitrogens is 1. The molecule has 4 rings (SSSR count). The number of pyridine rings is 1. The molecule has 1 aliphatic carbocycles. The lowest BCUT2D eigenvalue weighted by atomic mass is 9.65. The zero-order valence-electron chi connectivity index (χ0n) is 18.2. The maximum Gasteiger partial charge on any atom is 0.339 e. The lowest BCUT2D eigenvalue weighted by Crippen LogP contribution is -2.46. The molecule has 0 spiro atoms. The van der Waals surface area contributed by atoms with E-state index < -0.39 is 0 Å². The number of benzene rings is 1. The van der Waals surface area contributed by atoms with Crippen molar-refractivity contribution in [1.29, 1.82) is 0 Å². The zero-order chi connectivity index (χ0) is 21.8. The monoisotopic (exact) mass is 423 g/mol. The molecule has 2 N–H and O–H groups in total. The van der Waals surface area contributed by atoms with Crippen LogP contribution in [0.15, 0.2) is 47.8 Å². The number of likely N-dealkylation sites (tertiary alicyclic amines) is 1. The number of hydrazone groups is 1. The van der Waals surface area contributed by atoms with Gasteiger partial charge in [0.1, 0.15) is 0 Å². The van der Waals surface area contributed by atoms with Crippen LogP contribution in [0.3, 0.4) is 0 Å². The van der Waals surface area contributed by atoms with Crippen molar-refractivity contribution in [3.63, 3.8) is 0 Å². The number of nitrogens with zero attached hydrogens (tertiary/aromatic N) is 3. The summed E-state index contributed by atoms with van der Waals surface area (Å²) in [6.45, 7) is 1.03. The van der Waals surface area contributed by atoms with Crippen molar-refractivity contribution >= 4 is 17.4 Å². The molecule has 0 radical (unpaired) electrons.